The van der Waals surface area contributed by atoms with E-state index >= 15 is 0 Å². The van der Waals surface area contributed by atoms with Crippen LogP contribution in [0.2, 0.25) is 0 Å². The van der Waals surface area contributed by atoms with Gasteiger partial charge in [-0.3, -0.25) is 4.99 Å². The van der Waals surface area contributed by atoms with Gasteiger partial charge >= 0.3 is 0 Å². The van der Waals surface area contributed by atoms with Crippen LogP contribution in [-0.4, -0.2) is 39.2 Å². The molecule has 4 heteroatoms. The Kier molecular flexibility index (Phi) is 4.80. The molecule has 1 saturated heterocycles. The zero-order chi connectivity index (χ0) is 13.7. The van der Waals surface area contributed by atoms with E-state index < -0.39 is 0 Å². The van der Waals surface area contributed by atoms with Gasteiger partial charge in [0.05, 0.1) is 24.6 Å². The van der Waals surface area contributed by atoms with Crippen molar-refractivity contribution in [2.75, 3.05) is 43.6 Å². The van der Waals surface area contributed by atoms with Crippen molar-refractivity contribution in [3.63, 3.8) is 0 Å². The molecule has 1 aromatic carbocycles. The predicted octanol–water partition coefficient (Wildman–Crippen LogP) is 2.62. The number of hydrogen-bond donors (Lipinski definition) is 1. The van der Waals surface area contributed by atoms with E-state index in [-0.39, 0.29) is 0 Å². The van der Waals surface area contributed by atoms with Gasteiger partial charge in [-0.05, 0) is 12.1 Å². The topological polar surface area (TPSA) is 36.9 Å². The number of amidine groups is 1. The molecular formula is C15H23N3O. The molecule has 0 aliphatic carbocycles. The molecule has 0 radical (unpaired) electrons. The van der Waals surface area contributed by atoms with Crippen molar-refractivity contribution in [3.8, 4) is 0 Å². The second-order valence-corrected chi connectivity index (χ2v) is 5.01. The highest BCUT2D eigenvalue weighted by atomic mass is 16.5. The van der Waals surface area contributed by atoms with Crippen LogP contribution >= 0.6 is 0 Å². The van der Waals surface area contributed by atoms with Gasteiger partial charge in [0.25, 0.3) is 0 Å². The van der Waals surface area contributed by atoms with Gasteiger partial charge in [-0.25, -0.2) is 0 Å². The predicted molar refractivity (Wildman–Crippen MR) is 81.3 cm³/mol. The van der Waals surface area contributed by atoms with Gasteiger partial charge in [0.1, 0.15) is 5.84 Å². The van der Waals surface area contributed by atoms with E-state index in [0.717, 1.165) is 37.8 Å². The summed E-state index contributed by atoms with van der Waals surface area (Å²) in [4.78, 5) is 6.69. The number of para-hydroxylation sites is 2. The lowest BCUT2D eigenvalue weighted by atomic mass is 10.1. The normalized spacial score (nSPS) is 16.8. The summed E-state index contributed by atoms with van der Waals surface area (Å²) in [6.07, 6.45) is 0. The first-order valence-electron chi connectivity index (χ1n) is 6.87. The van der Waals surface area contributed by atoms with Crippen molar-refractivity contribution < 1.29 is 4.74 Å². The fourth-order valence-corrected chi connectivity index (χ4v) is 2.26. The minimum absolute atomic E-state index is 0.391. The molecule has 2 rings (SSSR count). The van der Waals surface area contributed by atoms with E-state index in [0.29, 0.717) is 5.92 Å². The van der Waals surface area contributed by atoms with E-state index in [4.69, 9.17) is 4.74 Å². The summed E-state index contributed by atoms with van der Waals surface area (Å²) < 4.78 is 5.42. The van der Waals surface area contributed by atoms with Gasteiger partial charge < -0.3 is 15.0 Å². The number of aliphatic imine (C=N–C) groups is 1. The Bertz CT molecular complexity index is 437. The Morgan fingerprint density at radius 3 is 2.58 bits per heavy atom. The number of ether oxygens (including phenoxy) is 1. The van der Waals surface area contributed by atoms with Gasteiger partial charge in [0.15, 0.2) is 0 Å². The fraction of sp³-hybridized carbons (Fsp3) is 0.533. The molecule has 1 aliphatic rings. The van der Waals surface area contributed by atoms with Gasteiger partial charge in [0.2, 0.25) is 0 Å². The monoisotopic (exact) mass is 261 g/mol. The summed E-state index contributed by atoms with van der Waals surface area (Å²) in [7, 11) is 1.83. The van der Waals surface area contributed by atoms with Crippen molar-refractivity contribution in [2.45, 2.75) is 13.8 Å². The lowest BCUT2D eigenvalue weighted by Gasteiger charge is -2.31. The van der Waals surface area contributed by atoms with Gasteiger partial charge in [-0.1, -0.05) is 26.0 Å². The Morgan fingerprint density at radius 2 is 1.95 bits per heavy atom. The van der Waals surface area contributed by atoms with Crippen LogP contribution in [0.25, 0.3) is 0 Å². The third-order valence-electron chi connectivity index (χ3n) is 3.31. The van der Waals surface area contributed by atoms with Crippen LogP contribution in [0.4, 0.5) is 11.4 Å². The van der Waals surface area contributed by atoms with Crippen LogP contribution in [0.1, 0.15) is 13.8 Å². The quantitative estimate of drug-likeness (QED) is 0.671. The first-order chi connectivity index (χ1) is 9.22. The zero-order valence-electron chi connectivity index (χ0n) is 12.0. The molecule has 0 atom stereocenters. The average molecular weight is 261 g/mol. The van der Waals surface area contributed by atoms with Gasteiger partial charge in [-0.15, -0.1) is 0 Å². The highest BCUT2D eigenvalue weighted by molar-refractivity contribution is 5.99. The van der Waals surface area contributed by atoms with E-state index in [9.17, 15) is 0 Å². The Balaban J connectivity index is 2.20. The molecular weight excluding hydrogens is 238 g/mol. The standard InChI is InChI=1S/C15H23N3O/c1-12(2)15(16-3)17-13-6-4-5-7-14(13)18-8-10-19-11-9-18/h4-7,12H,8-11H2,1-3H3,(H,16,17). The average Bonchev–Trinajstić information content (AvgIpc) is 2.45. The third kappa shape index (κ3) is 3.47. The number of hydrogen-bond acceptors (Lipinski definition) is 3. The maximum absolute atomic E-state index is 5.42. The number of benzene rings is 1. The van der Waals surface area contributed by atoms with E-state index in [1.54, 1.807) is 0 Å². The molecule has 4 nitrogen and oxygen atoms in total. The number of nitrogens with zero attached hydrogens (tertiary/aromatic N) is 2. The fourth-order valence-electron chi connectivity index (χ4n) is 2.26. The second-order valence-electron chi connectivity index (χ2n) is 5.01. The highest BCUT2D eigenvalue weighted by Crippen LogP contribution is 2.26. The van der Waals surface area contributed by atoms with Crippen molar-refractivity contribution >= 4 is 17.2 Å². The molecule has 0 aromatic heterocycles. The summed E-state index contributed by atoms with van der Waals surface area (Å²) >= 11 is 0. The van der Waals surface area contributed by atoms with Crippen LogP contribution < -0.4 is 10.2 Å². The number of rotatable bonds is 3. The van der Waals surface area contributed by atoms with E-state index in [1.807, 2.05) is 7.05 Å². The first kappa shape index (κ1) is 13.9. The summed E-state index contributed by atoms with van der Waals surface area (Å²) in [5.74, 6) is 1.41. The SMILES string of the molecule is CN=C(Nc1ccccc1N1CCOCC1)C(C)C. The molecule has 104 valence electrons. The smallest absolute Gasteiger partial charge is 0.103 e. The molecule has 1 aliphatic heterocycles. The molecule has 19 heavy (non-hydrogen) atoms. The second kappa shape index (κ2) is 6.57. The summed E-state index contributed by atoms with van der Waals surface area (Å²) in [6.45, 7) is 7.78. The van der Waals surface area contributed by atoms with Crippen molar-refractivity contribution in [1.82, 2.24) is 0 Å². The molecule has 1 fully saturated rings. The lowest BCUT2D eigenvalue weighted by molar-refractivity contribution is 0.123. The molecule has 0 saturated carbocycles. The summed E-state index contributed by atoms with van der Waals surface area (Å²) in [6, 6.07) is 8.40. The highest BCUT2D eigenvalue weighted by Gasteiger charge is 2.15. The largest absolute Gasteiger partial charge is 0.378 e. The van der Waals surface area contributed by atoms with Crippen LogP contribution in [0.5, 0.6) is 0 Å². The third-order valence-corrected chi connectivity index (χ3v) is 3.31. The number of morpholine rings is 1. The van der Waals surface area contributed by atoms with Crippen LogP contribution in [0.3, 0.4) is 0 Å². The van der Waals surface area contributed by atoms with E-state index in [2.05, 4.69) is 53.3 Å². The molecule has 1 aromatic rings. The van der Waals surface area contributed by atoms with Gasteiger partial charge in [-0.2, -0.15) is 0 Å². The molecule has 0 spiro atoms. The minimum Gasteiger partial charge on any atom is -0.378 e. The molecule has 0 unspecified atom stereocenters. The summed E-state index contributed by atoms with van der Waals surface area (Å²) in [5, 5.41) is 3.46. The van der Waals surface area contributed by atoms with Crippen LogP contribution in [0, 0.1) is 5.92 Å². The van der Waals surface area contributed by atoms with Crippen molar-refractivity contribution in [2.24, 2.45) is 10.9 Å². The van der Waals surface area contributed by atoms with E-state index in [1.165, 1.54) is 5.69 Å². The van der Waals surface area contributed by atoms with Crippen LogP contribution in [0.15, 0.2) is 29.3 Å². The van der Waals surface area contributed by atoms with Gasteiger partial charge in [0, 0.05) is 26.1 Å². The van der Waals surface area contributed by atoms with Crippen LogP contribution in [-0.2, 0) is 4.74 Å². The maximum Gasteiger partial charge on any atom is 0.103 e. The molecule has 1 N–H and O–H groups in total. The lowest BCUT2D eigenvalue weighted by Crippen LogP contribution is -2.36. The Hall–Kier alpha value is -1.55. The first-order valence-corrected chi connectivity index (χ1v) is 6.87. The zero-order valence-corrected chi connectivity index (χ0v) is 12.0. The Morgan fingerprint density at radius 1 is 1.26 bits per heavy atom. The maximum atomic E-state index is 5.42. The number of anilines is 2. The number of nitrogens with one attached hydrogen (secondary N) is 1. The minimum atomic E-state index is 0.391. The summed E-state index contributed by atoms with van der Waals surface area (Å²) in [5.41, 5.74) is 2.35. The molecule has 0 bridgehead atoms. The Labute approximate surface area is 115 Å². The van der Waals surface area contributed by atoms with Crippen molar-refractivity contribution in [3.05, 3.63) is 24.3 Å². The molecule has 0 amide bonds. The molecule has 1 heterocycles. The van der Waals surface area contributed by atoms with Crippen molar-refractivity contribution in [1.29, 1.82) is 0 Å².